The predicted molar refractivity (Wildman–Crippen MR) is 102 cm³/mol. The van der Waals surface area contributed by atoms with Gasteiger partial charge in [-0.25, -0.2) is 4.79 Å². The number of nitrogens with zero attached hydrogens (tertiary/aromatic N) is 1. The first kappa shape index (κ1) is 18.4. The lowest BCUT2D eigenvalue weighted by atomic mass is 10.1. The van der Waals surface area contributed by atoms with Crippen LogP contribution >= 0.6 is 0 Å². The van der Waals surface area contributed by atoms with E-state index in [1.807, 2.05) is 32.0 Å². The average molecular weight is 364 g/mol. The number of carbonyl (C=O) groups excluding carboxylic acids is 3. The smallest absolute Gasteiger partial charge is 0.340 e. The average Bonchev–Trinajstić information content (AvgIpc) is 3.03. The summed E-state index contributed by atoms with van der Waals surface area (Å²) in [7, 11) is 0. The maximum atomic E-state index is 12.4. The molecule has 2 aromatic heterocycles. The summed E-state index contributed by atoms with van der Waals surface area (Å²) in [5.41, 5.74) is 3.82. The highest BCUT2D eigenvalue weighted by Crippen LogP contribution is 2.19. The van der Waals surface area contributed by atoms with Gasteiger partial charge in [0.1, 0.15) is 0 Å². The molecule has 0 spiro atoms. The Bertz CT molecular complexity index is 1050. The molecule has 0 bridgehead atoms. The highest BCUT2D eigenvalue weighted by molar-refractivity contribution is 6.04. The molecule has 0 saturated carbocycles. The Kier molecular flexibility index (Phi) is 5.07. The molecule has 0 radical (unpaired) electrons. The largest absolute Gasteiger partial charge is 0.452 e. The van der Waals surface area contributed by atoms with E-state index in [2.05, 4.69) is 5.32 Å². The van der Waals surface area contributed by atoms with Crippen LogP contribution in [0.2, 0.25) is 0 Å². The lowest BCUT2D eigenvalue weighted by Crippen LogP contribution is -2.21. The summed E-state index contributed by atoms with van der Waals surface area (Å²) in [5.74, 6) is -1.24. The third kappa shape index (κ3) is 3.89. The van der Waals surface area contributed by atoms with Gasteiger partial charge in [-0.3, -0.25) is 9.59 Å². The number of amides is 1. The van der Waals surface area contributed by atoms with E-state index in [-0.39, 0.29) is 11.3 Å². The van der Waals surface area contributed by atoms with Crippen molar-refractivity contribution >= 4 is 28.9 Å². The Morgan fingerprint density at radius 3 is 2.59 bits per heavy atom. The topological polar surface area (TPSA) is 76.9 Å². The minimum absolute atomic E-state index is 0.164. The fourth-order valence-electron chi connectivity index (χ4n) is 2.85. The molecule has 0 atom stereocenters. The van der Waals surface area contributed by atoms with Gasteiger partial charge in [-0.15, -0.1) is 0 Å². The zero-order valence-electron chi connectivity index (χ0n) is 15.4. The molecule has 0 saturated heterocycles. The molecule has 0 unspecified atom stereocenters. The van der Waals surface area contributed by atoms with Gasteiger partial charge in [0.25, 0.3) is 5.91 Å². The number of Topliss-reactive ketones (excluding diaryl/α,β-unsaturated/α-hetero) is 1. The molecule has 2 heterocycles. The number of benzene rings is 1. The summed E-state index contributed by atoms with van der Waals surface area (Å²) < 4.78 is 6.79. The molecule has 0 aliphatic heterocycles. The second-order valence-electron chi connectivity index (χ2n) is 6.40. The third-order valence-corrected chi connectivity index (χ3v) is 4.26. The molecule has 138 valence electrons. The fraction of sp³-hybridized carbons (Fsp3) is 0.190. The molecule has 3 rings (SSSR count). The van der Waals surface area contributed by atoms with Crippen LogP contribution in [0.5, 0.6) is 0 Å². The van der Waals surface area contributed by atoms with E-state index in [4.69, 9.17) is 4.74 Å². The first-order valence-corrected chi connectivity index (χ1v) is 8.52. The maximum absolute atomic E-state index is 12.4. The quantitative estimate of drug-likeness (QED) is 0.555. The molecule has 0 fully saturated rings. The van der Waals surface area contributed by atoms with Gasteiger partial charge < -0.3 is 14.5 Å². The summed E-state index contributed by atoms with van der Waals surface area (Å²) in [6.07, 6.45) is 1.70. The molecule has 0 aliphatic carbocycles. The SMILES string of the molecule is CC(=O)c1cc(C(=O)OCC(=O)Nc2cc(C)ccc2C)c2ccccn12. The first-order chi connectivity index (χ1) is 12.9. The van der Waals surface area contributed by atoms with E-state index in [9.17, 15) is 14.4 Å². The summed E-state index contributed by atoms with van der Waals surface area (Å²) in [6, 6.07) is 12.5. The van der Waals surface area contributed by atoms with Crippen LogP contribution in [0.25, 0.3) is 5.52 Å². The van der Waals surface area contributed by atoms with Crippen molar-refractivity contribution in [1.82, 2.24) is 4.40 Å². The molecule has 27 heavy (non-hydrogen) atoms. The number of anilines is 1. The Morgan fingerprint density at radius 1 is 1.07 bits per heavy atom. The fourth-order valence-corrected chi connectivity index (χ4v) is 2.85. The summed E-state index contributed by atoms with van der Waals surface area (Å²) in [6.45, 7) is 4.84. The minimum Gasteiger partial charge on any atom is -0.452 e. The van der Waals surface area contributed by atoms with Crippen LogP contribution < -0.4 is 5.32 Å². The number of hydrogen-bond donors (Lipinski definition) is 1. The molecule has 1 aromatic carbocycles. The van der Waals surface area contributed by atoms with Crippen molar-refractivity contribution in [2.45, 2.75) is 20.8 Å². The number of ketones is 1. The highest BCUT2D eigenvalue weighted by Gasteiger charge is 2.19. The van der Waals surface area contributed by atoms with Crippen molar-refractivity contribution in [1.29, 1.82) is 0 Å². The molecule has 1 N–H and O–H groups in total. The van der Waals surface area contributed by atoms with E-state index in [1.165, 1.54) is 13.0 Å². The molecule has 3 aromatic rings. The Balaban J connectivity index is 1.73. The highest BCUT2D eigenvalue weighted by atomic mass is 16.5. The van der Waals surface area contributed by atoms with Crippen molar-refractivity contribution < 1.29 is 19.1 Å². The maximum Gasteiger partial charge on any atom is 0.340 e. The van der Waals surface area contributed by atoms with E-state index >= 15 is 0 Å². The first-order valence-electron chi connectivity index (χ1n) is 8.52. The van der Waals surface area contributed by atoms with Crippen molar-refractivity contribution in [3.05, 3.63) is 71.0 Å². The molecular formula is C21H20N2O4. The van der Waals surface area contributed by atoms with Crippen LogP contribution in [0, 0.1) is 13.8 Å². The van der Waals surface area contributed by atoms with E-state index < -0.39 is 18.5 Å². The van der Waals surface area contributed by atoms with Crippen LogP contribution in [0.4, 0.5) is 5.69 Å². The zero-order valence-corrected chi connectivity index (χ0v) is 15.4. The van der Waals surface area contributed by atoms with E-state index in [0.717, 1.165) is 11.1 Å². The van der Waals surface area contributed by atoms with Crippen molar-refractivity contribution in [2.75, 3.05) is 11.9 Å². The van der Waals surface area contributed by atoms with Crippen LogP contribution in [0.15, 0.2) is 48.7 Å². The van der Waals surface area contributed by atoms with Crippen molar-refractivity contribution in [3.8, 4) is 0 Å². The third-order valence-electron chi connectivity index (χ3n) is 4.26. The molecule has 0 aliphatic rings. The number of nitrogens with one attached hydrogen (secondary N) is 1. The Hall–Kier alpha value is -3.41. The number of carbonyl (C=O) groups is 3. The summed E-state index contributed by atoms with van der Waals surface area (Å²) in [5, 5.41) is 2.74. The molecule has 6 heteroatoms. The Labute approximate surface area is 156 Å². The van der Waals surface area contributed by atoms with Gasteiger partial charge in [0, 0.05) is 18.8 Å². The number of esters is 1. The van der Waals surface area contributed by atoms with Crippen molar-refractivity contribution in [3.63, 3.8) is 0 Å². The van der Waals surface area contributed by atoms with Gasteiger partial charge in [-0.1, -0.05) is 18.2 Å². The second-order valence-corrected chi connectivity index (χ2v) is 6.40. The summed E-state index contributed by atoms with van der Waals surface area (Å²) in [4.78, 5) is 36.4. The number of fused-ring (bicyclic) bond motifs is 1. The van der Waals surface area contributed by atoms with Gasteiger partial charge >= 0.3 is 5.97 Å². The number of hydrogen-bond acceptors (Lipinski definition) is 4. The normalized spacial score (nSPS) is 10.6. The number of ether oxygens (including phenoxy) is 1. The van der Waals surface area contributed by atoms with Crippen LogP contribution in [0.1, 0.15) is 38.9 Å². The van der Waals surface area contributed by atoms with E-state index in [0.29, 0.717) is 16.9 Å². The van der Waals surface area contributed by atoms with Gasteiger partial charge in [-0.05, 0) is 49.2 Å². The molecule has 6 nitrogen and oxygen atoms in total. The monoisotopic (exact) mass is 364 g/mol. The van der Waals surface area contributed by atoms with Gasteiger partial charge in [-0.2, -0.15) is 0 Å². The number of pyridine rings is 1. The summed E-state index contributed by atoms with van der Waals surface area (Å²) >= 11 is 0. The minimum atomic E-state index is -0.651. The van der Waals surface area contributed by atoms with Gasteiger partial charge in [0.2, 0.25) is 0 Å². The number of aryl methyl sites for hydroxylation is 2. The Morgan fingerprint density at radius 2 is 1.85 bits per heavy atom. The predicted octanol–water partition coefficient (Wildman–Crippen LogP) is 3.55. The second kappa shape index (κ2) is 7.45. The number of aromatic nitrogens is 1. The molecular weight excluding hydrogens is 344 g/mol. The van der Waals surface area contributed by atoms with Gasteiger partial charge in [0.05, 0.1) is 16.8 Å². The van der Waals surface area contributed by atoms with Crippen LogP contribution in [-0.2, 0) is 9.53 Å². The standard InChI is InChI=1S/C21H20N2O4/c1-13-7-8-14(2)17(10-13)22-20(25)12-27-21(26)16-11-19(15(3)24)23-9-5-4-6-18(16)23/h4-11H,12H2,1-3H3,(H,22,25). The van der Waals surface area contributed by atoms with Crippen LogP contribution in [0.3, 0.4) is 0 Å². The zero-order chi connectivity index (χ0) is 19.6. The van der Waals surface area contributed by atoms with Gasteiger partial charge in [0.15, 0.2) is 12.4 Å². The lowest BCUT2D eigenvalue weighted by molar-refractivity contribution is -0.119. The molecule has 1 amide bonds. The van der Waals surface area contributed by atoms with Crippen molar-refractivity contribution in [2.24, 2.45) is 0 Å². The lowest BCUT2D eigenvalue weighted by Gasteiger charge is -2.09. The van der Waals surface area contributed by atoms with E-state index in [1.54, 1.807) is 28.8 Å². The van der Waals surface area contributed by atoms with Crippen LogP contribution in [-0.4, -0.2) is 28.7 Å². The number of rotatable bonds is 5.